The summed E-state index contributed by atoms with van der Waals surface area (Å²) in [6.07, 6.45) is 3.59. The van der Waals surface area contributed by atoms with Gasteiger partial charge in [-0.1, -0.05) is 0 Å². The Balaban J connectivity index is 1.93. The van der Waals surface area contributed by atoms with Gasteiger partial charge in [-0.2, -0.15) is 0 Å². The molecule has 1 aliphatic rings. The van der Waals surface area contributed by atoms with E-state index >= 15 is 0 Å². The summed E-state index contributed by atoms with van der Waals surface area (Å²) in [6, 6.07) is 0. The third kappa shape index (κ3) is 3.54. The molecule has 1 aliphatic heterocycles. The van der Waals surface area contributed by atoms with E-state index in [9.17, 15) is 10.2 Å². The highest BCUT2D eigenvalue weighted by Gasteiger charge is 2.36. The van der Waals surface area contributed by atoms with Gasteiger partial charge in [0.05, 0.1) is 24.9 Å². The quantitative estimate of drug-likeness (QED) is 0.778. The first-order valence-electron chi connectivity index (χ1n) is 6.64. The molecule has 6 heteroatoms. The molecule has 0 aliphatic carbocycles. The van der Waals surface area contributed by atoms with Crippen molar-refractivity contribution in [2.75, 3.05) is 26.8 Å². The number of β-amino-alcohol motifs (C(OH)–C–C–N with tert-alkyl or cyclic N) is 1. The van der Waals surface area contributed by atoms with E-state index in [1.807, 2.05) is 6.20 Å². The molecule has 0 radical (unpaired) electrons. The van der Waals surface area contributed by atoms with Crippen molar-refractivity contribution in [3.05, 3.63) is 18.2 Å². The van der Waals surface area contributed by atoms with Gasteiger partial charge in [0.2, 0.25) is 0 Å². The summed E-state index contributed by atoms with van der Waals surface area (Å²) in [4.78, 5) is 6.47. The lowest BCUT2D eigenvalue weighted by molar-refractivity contribution is -0.109. The predicted molar refractivity (Wildman–Crippen MR) is 70.6 cm³/mol. The fourth-order valence-electron chi connectivity index (χ4n) is 2.31. The van der Waals surface area contributed by atoms with E-state index in [2.05, 4.69) is 14.5 Å². The molecule has 2 atom stereocenters. The van der Waals surface area contributed by atoms with Crippen LogP contribution >= 0.6 is 0 Å². The first-order valence-corrected chi connectivity index (χ1v) is 6.64. The number of aromatic nitrogens is 2. The molecule has 6 nitrogen and oxygen atoms in total. The molecular formula is C13H23N3O3. The highest BCUT2D eigenvalue weighted by molar-refractivity contribution is 4.96. The fourth-order valence-corrected chi connectivity index (χ4v) is 2.31. The number of rotatable bonds is 5. The minimum atomic E-state index is -0.970. The Kier molecular flexibility index (Phi) is 4.57. The molecule has 0 saturated carbocycles. The van der Waals surface area contributed by atoms with E-state index in [4.69, 9.17) is 4.74 Å². The second-order valence-corrected chi connectivity index (χ2v) is 5.39. The minimum Gasteiger partial charge on any atom is -0.389 e. The van der Waals surface area contributed by atoms with Gasteiger partial charge in [0.15, 0.2) is 0 Å². The number of hydrogen-bond donors (Lipinski definition) is 2. The van der Waals surface area contributed by atoms with E-state index in [1.165, 1.54) is 0 Å². The van der Waals surface area contributed by atoms with Crippen LogP contribution in [-0.2, 0) is 17.8 Å². The van der Waals surface area contributed by atoms with Crippen LogP contribution < -0.4 is 0 Å². The number of aliphatic hydroxyl groups is 2. The van der Waals surface area contributed by atoms with Gasteiger partial charge in [0.1, 0.15) is 5.82 Å². The standard InChI is InChI=1S/C13H23N3O3/c1-13(18)3-5-15(9-11(13)17)10-12-14-4-6-16(12)7-8-19-2/h4,6,11,17-18H,3,5,7-10H2,1-2H3/t11-,13-/m1/s1. The van der Waals surface area contributed by atoms with E-state index in [0.29, 0.717) is 26.1 Å². The first kappa shape index (κ1) is 14.5. The topological polar surface area (TPSA) is 70.8 Å². The second kappa shape index (κ2) is 6.00. The molecule has 2 N–H and O–H groups in total. The van der Waals surface area contributed by atoms with Crippen LogP contribution in [0.25, 0.3) is 0 Å². The Morgan fingerprint density at radius 2 is 2.37 bits per heavy atom. The molecule has 2 heterocycles. The van der Waals surface area contributed by atoms with Crippen molar-refractivity contribution in [1.82, 2.24) is 14.5 Å². The Labute approximate surface area is 113 Å². The van der Waals surface area contributed by atoms with Gasteiger partial charge in [-0.05, 0) is 13.3 Å². The molecule has 0 aromatic carbocycles. The van der Waals surface area contributed by atoms with Crippen molar-refractivity contribution in [2.24, 2.45) is 0 Å². The van der Waals surface area contributed by atoms with E-state index in [-0.39, 0.29) is 0 Å². The van der Waals surface area contributed by atoms with Gasteiger partial charge in [-0.3, -0.25) is 4.90 Å². The zero-order valence-corrected chi connectivity index (χ0v) is 11.6. The van der Waals surface area contributed by atoms with Crippen molar-refractivity contribution < 1.29 is 14.9 Å². The van der Waals surface area contributed by atoms with Crippen LogP contribution in [0, 0.1) is 0 Å². The molecular weight excluding hydrogens is 246 g/mol. The van der Waals surface area contributed by atoms with Crippen molar-refractivity contribution >= 4 is 0 Å². The molecule has 1 fully saturated rings. The van der Waals surface area contributed by atoms with Gasteiger partial charge in [0.25, 0.3) is 0 Å². The van der Waals surface area contributed by atoms with Crippen LogP contribution in [0.15, 0.2) is 12.4 Å². The molecule has 108 valence electrons. The predicted octanol–water partition coefficient (Wildman–Crippen LogP) is -0.153. The normalized spacial score (nSPS) is 28.7. The zero-order chi connectivity index (χ0) is 13.9. The lowest BCUT2D eigenvalue weighted by Crippen LogP contribution is -2.53. The van der Waals surface area contributed by atoms with Crippen molar-refractivity contribution in [2.45, 2.75) is 38.1 Å². The molecule has 1 aromatic heterocycles. The summed E-state index contributed by atoms with van der Waals surface area (Å²) >= 11 is 0. The Morgan fingerprint density at radius 3 is 3.05 bits per heavy atom. The maximum absolute atomic E-state index is 9.94. The van der Waals surface area contributed by atoms with E-state index < -0.39 is 11.7 Å². The minimum absolute atomic E-state index is 0.476. The highest BCUT2D eigenvalue weighted by atomic mass is 16.5. The average molecular weight is 269 g/mol. The third-order valence-corrected chi connectivity index (χ3v) is 3.79. The lowest BCUT2D eigenvalue weighted by atomic mass is 9.91. The number of piperidine rings is 1. The fraction of sp³-hybridized carbons (Fsp3) is 0.769. The maximum atomic E-state index is 9.94. The highest BCUT2D eigenvalue weighted by Crippen LogP contribution is 2.22. The van der Waals surface area contributed by atoms with E-state index in [0.717, 1.165) is 18.9 Å². The third-order valence-electron chi connectivity index (χ3n) is 3.79. The van der Waals surface area contributed by atoms with Gasteiger partial charge in [0, 0.05) is 39.1 Å². The molecule has 1 saturated heterocycles. The van der Waals surface area contributed by atoms with Crippen LogP contribution in [0.2, 0.25) is 0 Å². The summed E-state index contributed by atoms with van der Waals surface area (Å²) in [7, 11) is 1.68. The van der Waals surface area contributed by atoms with Crippen molar-refractivity contribution in [3.63, 3.8) is 0 Å². The van der Waals surface area contributed by atoms with Gasteiger partial charge >= 0.3 is 0 Å². The number of nitrogens with zero attached hydrogens (tertiary/aromatic N) is 3. The average Bonchev–Trinajstić information content (AvgIpc) is 2.79. The maximum Gasteiger partial charge on any atom is 0.122 e. The molecule has 2 rings (SSSR count). The van der Waals surface area contributed by atoms with Gasteiger partial charge in [-0.15, -0.1) is 0 Å². The van der Waals surface area contributed by atoms with Crippen LogP contribution in [0.4, 0.5) is 0 Å². The summed E-state index contributed by atoms with van der Waals surface area (Å²) in [5, 5.41) is 19.9. The SMILES string of the molecule is COCCn1ccnc1CN1CC[C@@](C)(O)[C@H](O)C1. The summed E-state index contributed by atoms with van der Waals surface area (Å²) < 4.78 is 7.13. The molecule has 1 aromatic rings. The summed E-state index contributed by atoms with van der Waals surface area (Å²) in [5.74, 6) is 0.964. The second-order valence-electron chi connectivity index (χ2n) is 5.39. The molecule has 0 bridgehead atoms. The number of imidazole rings is 1. The number of ether oxygens (including phenoxy) is 1. The molecule has 0 unspecified atom stereocenters. The van der Waals surface area contributed by atoms with Gasteiger partial charge < -0.3 is 19.5 Å². The number of aliphatic hydroxyl groups excluding tert-OH is 1. The lowest BCUT2D eigenvalue weighted by Gasteiger charge is -2.39. The van der Waals surface area contributed by atoms with Crippen LogP contribution in [0.3, 0.4) is 0 Å². The smallest absolute Gasteiger partial charge is 0.122 e. The zero-order valence-electron chi connectivity index (χ0n) is 11.6. The number of hydrogen-bond acceptors (Lipinski definition) is 5. The Hall–Kier alpha value is -0.950. The summed E-state index contributed by atoms with van der Waals surface area (Å²) in [6.45, 7) is 5.05. The summed E-state index contributed by atoms with van der Waals surface area (Å²) in [5.41, 5.74) is -0.970. The largest absolute Gasteiger partial charge is 0.389 e. The monoisotopic (exact) mass is 269 g/mol. The van der Waals surface area contributed by atoms with Crippen molar-refractivity contribution in [1.29, 1.82) is 0 Å². The Morgan fingerprint density at radius 1 is 1.58 bits per heavy atom. The van der Waals surface area contributed by atoms with Crippen LogP contribution in [-0.4, -0.2) is 63.2 Å². The Bertz CT molecular complexity index is 406. The van der Waals surface area contributed by atoms with Crippen LogP contribution in [0.1, 0.15) is 19.2 Å². The van der Waals surface area contributed by atoms with E-state index in [1.54, 1.807) is 20.2 Å². The van der Waals surface area contributed by atoms with Crippen LogP contribution in [0.5, 0.6) is 0 Å². The van der Waals surface area contributed by atoms with Gasteiger partial charge in [-0.25, -0.2) is 4.98 Å². The van der Waals surface area contributed by atoms with Crippen molar-refractivity contribution in [3.8, 4) is 0 Å². The number of methoxy groups -OCH3 is 1. The molecule has 0 spiro atoms. The molecule has 19 heavy (non-hydrogen) atoms. The molecule has 0 amide bonds. The first-order chi connectivity index (χ1) is 9.03. The number of likely N-dealkylation sites (tertiary alicyclic amines) is 1.